The molecule has 1 heterocycles. The van der Waals surface area contributed by atoms with Crippen LogP contribution in [-0.2, 0) is 6.54 Å². The van der Waals surface area contributed by atoms with Crippen LogP contribution in [-0.4, -0.2) is 19.2 Å². The van der Waals surface area contributed by atoms with Crippen molar-refractivity contribution in [2.24, 2.45) is 0 Å². The Kier molecular flexibility index (Phi) is 4.40. The maximum absolute atomic E-state index is 13.1. The van der Waals surface area contributed by atoms with Gasteiger partial charge in [0.05, 0.1) is 32.1 Å². The van der Waals surface area contributed by atoms with Gasteiger partial charge in [0.25, 0.3) is 0 Å². The molecule has 1 aromatic heterocycles. The highest BCUT2D eigenvalue weighted by Crippen LogP contribution is 2.25. The Morgan fingerprint density at radius 2 is 1.95 bits per heavy atom. The molecule has 0 bridgehead atoms. The van der Waals surface area contributed by atoms with Crippen LogP contribution >= 0.6 is 0 Å². The van der Waals surface area contributed by atoms with E-state index < -0.39 is 0 Å². The van der Waals surface area contributed by atoms with E-state index in [-0.39, 0.29) is 5.82 Å². The number of nitrogens with zero attached hydrogens (tertiary/aromatic N) is 1. The fourth-order valence-electron chi connectivity index (χ4n) is 1.91. The SMILES string of the molecule is COc1cc(C)nc(CNc2ccc(F)cc2OC)c1. The number of aromatic nitrogens is 1. The summed E-state index contributed by atoms with van der Waals surface area (Å²) < 4.78 is 23.5. The van der Waals surface area contributed by atoms with Crippen LogP contribution in [0.1, 0.15) is 11.4 Å². The van der Waals surface area contributed by atoms with E-state index in [4.69, 9.17) is 9.47 Å². The molecular formula is C15H17FN2O2. The second kappa shape index (κ2) is 6.23. The lowest BCUT2D eigenvalue weighted by Gasteiger charge is -2.12. The van der Waals surface area contributed by atoms with Crippen molar-refractivity contribution < 1.29 is 13.9 Å². The Labute approximate surface area is 117 Å². The van der Waals surface area contributed by atoms with E-state index in [0.717, 1.165) is 22.8 Å². The lowest BCUT2D eigenvalue weighted by atomic mass is 10.2. The highest BCUT2D eigenvalue weighted by atomic mass is 19.1. The van der Waals surface area contributed by atoms with Gasteiger partial charge < -0.3 is 14.8 Å². The molecule has 20 heavy (non-hydrogen) atoms. The highest BCUT2D eigenvalue weighted by molar-refractivity contribution is 5.56. The zero-order valence-corrected chi connectivity index (χ0v) is 11.7. The molecular weight excluding hydrogens is 259 g/mol. The van der Waals surface area contributed by atoms with Crippen molar-refractivity contribution in [1.82, 2.24) is 4.98 Å². The molecule has 0 unspecified atom stereocenters. The van der Waals surface area contributed by atoms with Gasteiger partial charge in [-0.3, -0.25) is 4.98 Å². The van der Waals surface area contributed by atoms with Gasteiger partial charge in [-0.05, 0) is 19.1 Å². The van der Waals surface area contributed by atoms with Crippen LogP contribution < -0.4 is 14.8 Å². The number of halogens is 1. The van der Waals surface area contributed by atoms with Crippen LogP contribution in [0, 0.1) is 12.7 Å². The van der Waals surface area contributed by atoms with Gasteiger partial charge in [-0.15, -0.1) is 0 Å². The smallest absolute Gasteiger partial charge is 0.144 e. The Hall–Kier alpha value is -2.30. The molecule has 1 N–H and O–H groups in total. The van der Waals surface area contributed by atoms with Crippen molar-refractivity contribution in [3.63, 3.8) is 0 Å². The Bertz CT molecular complexity index is 602. The van der Waals surface area contributed by atoms with Crippen molar-refractivity contribution in [2.45, 2.75) is 13.5 Å². The van der Waals surface area contributed by atoms with E-state index in [2.05, 4.69) is 10.3 Å². The average Bonchev–Trinajstić information content (AvgIpc) is 2.45. The van der Waals surface area contributed by atoms with Gasteiger partial charge in [0.15, 0.2) is 0 Å². The van der Waals surface area contributed by atoms with Crippen LogP contribution in [0.2, 0.25) is 0 Å². The maximum Gasteiger partial charge on any atom is 0.144 e. The fraction of sp³-hybridized carbons (Fsp3) is 0.267. The predicted octanol–water partition coefficient (Wildman–Crippen LogP) is 3.16. The molecule has 4 nitrogen and oxygen atoms in total. The Morgan fingerprint density at radius 1 is 1.15 bits per heavy atom. The summed E-state index contributed by atoms with van der Waals surface area (Å²) >= 11 is 0. The number of nitrogens with one attached hydrogen (secondary N) is 1. The standard InChI is InChI=1S/C15H17FN2O2/c1-10-6-13(19-2)8-12(18-10)9-17-14-5-4-11(16)7-15(14)20-3/h4-8,17H,9H2,1-3H3. The molecule has 106 valence electrons. The van der Waals surface area contributed by atoms with Crippen molar-refractivity contribution >= 4 is 5.69 Å². The Balaban J connectivity index is 2.14. The van der Waals surface area contributed by atoms with Gasteiger partial charge in [-0.2, -0.15) is 0 Å². The predicted molar refractivity (Wildman–Crippen MR) is 75.8 cm³/mol. The third-order valence-electron chi connectivity index (χ3n) is 2.84. The van der Waals surface area contributed by atoms with Gasteiger partial charge in [0, 0.05) is 23.9 Å². The van der Waals surface area contributed by atoms with Crippen LogP contribution in [0.4, 0.5) is 10.1 Å². The summed E-state index contributed by atoms with van der Waals surface area (Å²) in [4.78, 5) is 4.41. The first-order valence-corrected chi connectivity index (χ1v) is 6.21. The zero-order chi connectivity index (χ0) is 14.5. The number of pyridine rings is 1. The summed E-state index contributed by atoms with van der Waals surface area (Å²) in [6.45, 7) is 2.41. The summed E-state index contributed by atoms with van der Waals surface area (Å²) in [7, 11) is 3.13. The molecule has 0 saturated carbocycles. The molecule has 0 aliphatic heterocycles. The maximum atomic E-state index is 13.1. The monoisotopic (exact) mass is 276 g/mol. The second-order valence-electron chi connectivity index (χ2n) is 4.34. The summed E-state index contributed by atoms with van der Waals surface area (Å²) in [5.74, 6) is 0.896. The molecule has 0 aliphatic rings. The van der Waals surface area contributed by atoms with Crippen molar-refractivity contribution in [3.8, 4) is 11.5 Å². The molecule has 1 aromatic carbocycles. The Morgan fingerprint density at radius 3 is 2.65 bits per heavy atom. The molecule has 0 radical (unpaired) electrons. The second-order valence-corrected chi connectivity index (χ2v) is 4.34. The van der Waals surface area contributed by atoms with E-state index in [0.29, 0.717) is 12.3 Å². The lowest BCUT2D eigenvalue weighted by molar-refractivity contribution is 0.412. The molecule has 0 spiro atoms. The topological polar surface area (TPSA) is 43.4 Å². The van der Waals surface area contributed by atoms with Gasteiger partial charge in [0.2, 0.25) is 0 Å². The number of methoxy groups -OCH3 is 2. The lowest BCUT2D eigenvalue weighted by Crippen LogP contribution is -2.04. The third-order valence-corrected chi connectivity index (χ3v) is 2.84. The first-order chi connectivity index (χ1) is 9.62. The molecule has 5 heteroatoms. The number of hydrogen-bond acceptors (Lipinski definition) is 4. The molecule has 0 fully saturated rings. The minimum Gasteiger partial charge on any atom is -0.497 e. The van der Waals surface area contributed by atoms with Crippen LogP contribution in [0.25, 0.3) is 0 Å². The van der Waals surface area contributed by atoms with E-state index in [1.807, 2.05) is 19.1 Å². The zero-order valence-electron chi connectivity index (χ0n) is 11.7. The van der Waals surface area contributed by atoms with Crippen molar-refractivity contribution in [1.29, 1.82) is 0 Å². The van der Waals surface area contributed by atoms with E-state index in [1.165, 1.54) is 19.2 Å². The van der Waals surface area contributed by atoms with Crippen LogP contribution in [0.3, 0.4) is 0 Å². The fourth-order valence-corrected chi connectivity index (χ4v) is 1.91. The summed E-state index contributed by atoms with van der Waals surface area (Å²) in [6.07, 6.45) is 0. The van der Waals surface area contributed by atoms with Gasteiger partial charge in [-0.25, -0.2) is 4.39 Å². The van der Waals surface area contributed by atoms with E-state index in [9.17, 15) is 4.39 Å². The minimum atomic E-state index is -0.331. The minimum absolute atomic E-state index is 0.331. The molecule has 2 aromatic rings. The molecule has 0 amide bonds. The number of anilines is 1. The molecule has 2 rings (SSSR count). The normalized spacial score (nSPS) is 10.2. The van der Waals surface area contributed by atoms with Crippen molar-refractivity contribution in [3.05, 3.63) is 47.5 Å². The molecule has 0 aliphatic carbocycles. The van der Waals surface area contributed by atoms with E-state index >= 15 is 0 Å². The van der Waals surface area contributed by atoms with Gasteiger partial charge in [-0.1, -0.05) is 0 Å². The van der Waals surface area contributed by atoms with E-state index in [1.54, 1.807) is 13.2 Å². The quantitative estimate of drug-likeness (QED) is 0.911. The first kappa shape index (κ1) is 14.1. The number of benzene rings is 1. The van der Waals surface area contributed by atoms with Gasteiger partial charge in [0.1, 0.15) is 17.3 Å². The summed E-state index contributed by atoms with van der Waals surface area (Å²) in [6, 6.07) is 8.08. The average molecular weight is 276 g/mol. The largest absolute Gasteiger partial charge is 0.497 e. The number of ether oxygens (including phenoxy) is 2. The molecule has 0 atom stereocenters. The van der Waals surface area contributed by atoms with Crippen LogP contribution in [0.15, 0.2) is 30.3 Å². The highest BCUT2D eigenvalue weighted by Gasteiger charge is 2.06. The first-order valence-electron chi connectivity index (χ1n) is 6.21. The van der Waals surface area contributed by atoms with Crippen molar-refractivity contribution in [2.75, 3.05) is 19.5 Å². The summed E-state index contributed by atoms with van der Waals surface area (Å²) in [5, 5.41) is 3.18. The number of hydrogen-bond donors (Lipinski definition) is 1. The number of aryl methyl sites for hydroxylation is 1. The van der Waals surface area contributed by atoms with Crippen LogP contribution in [0.5, 0.6) is 11.5 Å². The van der Waals surface area contributed by atoms with Gasteiger partial charge >= 0.3 is 0 Å². The molecule has 0 saturated heterocycles. The third kappa shape index (κ3) is 3.38. The summed E-state index contributed by atoms with van der Waals surface area (Å²) in [5.41, 5.74) is 2.44. The number of rotatable bonds is 5.